The number of carbonyl (C=O) groups is 1. The van der Waals surface area contributed by atoms with Gasteiger partial charge in [-0.15, -0.1) is 0 Å². The maximum absolute atomic E-state index is 10.0. The van der Waals surface area contributed by atoms with Gasteiger partial charge in [0.05, 0.1) is 5.60 Å². The number of nitrogens with one attached hydrogen (secondary N) is 1. The zero-order chi connectivity index (χ0) is 8.91. The van der Waals surface area contributed by atoms with Crippen LogP contribution >= 0.6 is 0 Å². The van der Waals surface area contributed by atoms with Crippen LogP contribution in [0.1, 0.15) is 33.6 Å². The first-order valence-corrected chi connectivity index (χ1v) is 3.65. The van der Waals surface area contributed by atoms with Gasteiger partial charge in [-0.3, -0.25) is 4.84 Å². The van der Waals surface area contributed by atoms with Crippen LogP contribution in [0.5, 0.6) is 0 Å². The Balaban J connectivity index is 3.63. The standard InChI is InChI=1S/C7H15NO3/c1-4-5-7(2,3)11-8-6(9)10/h8H,4-5H2,1-3H3,(H,9,10). The van der Waals surface area contributed by atoms with Crippen LogP contribution in [0.15, 0.2) is 0 Å². The van der Waals surface area contributed by atoms with E-state index in [2.05, 4.69) is 0 Å². The first-order valence-electron chi connectivity index (χ1n) is 3.65. The van der Waals surface area contributed by atoms with Crippen molar-refractivity contribution in [2.45, 2.75) is 39.2 Å². The molecule has 0 saturated carbocycles. The first-order chi connectivity index (χ1) is 4.98. The molecule has 0 saturated heterocycles. The highest BCUT2D eigenvalue weighted by molar-refractivity contribution is 5.62. The van der Waals surface area contributed by atoms with Gasteiger partial charge in [0, 0.05) is 0 Å². The minimum atomic E-state index is -1.16. The van der Waals surface area contributed by atoms with Crippen LogP contribution in [0.4, 0.5) is 4.79 Å². The number of hydroxylamine groups is 1. The zero-order valence-corrected chi connectivity index (χ0v) is 7.18. The Bertz CT molecular complexity index is 134. The molecule has 0 heterocycles. The lowest BCUT2D eigenvalue weighted by Crippen LogP contribution is -2.34. The number of rotatable bonds is 4. The van der Waals surface area contributed by atoms with Crippen molar-refractivity contribution >= 4 is 6.09 Å². The normalized spacial score (nSPS) is 11.2. The highest BCUT2D eigenvalue weighted by Crippen LogP contribution is 2.14. The van der Waals surface area contributed by atoms with Gasteiger partial charge in [-0.1, -0.05) is 13.3 Å². The molecule has 0 rings (SSSR count). The summed E-state index contributed by atoms with van der Waals surface area (Å²) < 4.78 is 0. The number of hydrogen-bond donors (Lipinski definition) is 2. The van der Waals surface area contributed by atoms with Crippen LogP contribution in [-0.2, 0) is 4.84 Å². The van der Waals surface area contributed by atoms with Crippen molar-refractivity contribution in [2.75, 3.05) is 0 Å². The average Bonchev–Trinajstić information content (AvgIpc) is 1.84. The monoisotopic (exact) mass is 161 g/mol. The largest absolute Gasteiger partial charge is 0.464 e. The van der Waals surface area contributed by atoms with Gasteiger partial charge >= 0.3 is 6.09 Å². The third kappa shape index (κ3) is 5.66. The van der Waals surface area contributed by atoms with E-state index in [1.54, 1.807) is 0 Å². The molecule has 0 unspecified atom stereocenters. The summed E-state index contributed by atoms with van der Waals surface area (Å²) in [7, 11) is 0. The quantitative estimate of drug-likeness (QED) is 0.618. The van der Waals surface area contributed by atoms with Crippen LogP contribution in [-0.4, -0.2) is 16.8 Å². The average molecular weight is 161 g/mol. The van der Waals surface area contributed by atoms with Crippen molar-refractivity contribution in [2.24, 2.45) is 0 Å². The summed E-state index contributed by atoms with van der Waals surface area (Å²) in [5.41, 5.74) is 1.48. The summed E-state index contributed by atoms with van der Waals surface area (Å²) in [6.45, 7) is 5.70. The van der Waals surface area contributed by atoms with E-state index >= 15 is 0 Å². The van der Waals surface area contributed by atoms with Crippen molar-refractivity contribution in [1.82, 2.24) is 5.48 Å². The van der Waals surface area contributed by atoms with Crippen LogP contribution in [0.2, 0.25) is 0 Å². The Morgan fingerprint density at radius 1 is 1.64 bits per heavy atom. The van der Waals surface area contributed by atoms with Crippen molar-refractivity contribution in [3.63, 3.8) is 0 Å². The molecule has 2 N–H and O–H groups in total. The Morgan fingerprint density at radius 2 is 2.18 bits per heavy atom. The molecule has 0 aliphatic heterocycles. The van der Waals surface area contributed by atoms with E-state index in [-0.39, 0.29) is 0 Å². The predicted octanol–water partition coefficient (Wildman–Crippen LogP) is 1.76. The first kappa shape index (κ1) is 10.2. The third-order valence-corrected chi connectivity index (χ3v) is 1.27. The number of hydrogen-bond acceptors (Lipinski definition) is 2. The van der Waals surface area contributed by atoms with E-state index < -0.39 is 11.7 Å². The molecule has 0 spiro atoms. The third-order valence-electron chi connectivity index (χ3n) is 1.27. The lowest BCUT2D eigenvalue weighted by Gasteiger charge is -2.22. The summed E-state index contributed by atoms with van der Waals surface area (Å²) in [4.78, 5) is 14.9. The minimum Gasteiger partial charge on any atom is -0.464 e. The SMILES string of the molecule is CCCC(C)(C)ONC(=O)O. The highest BCUT2D eigenvalue weighted by atomic mass is 16.7. The molecule has 4 nitrogen and oxygen atoms in total. The molecule has 0 fully saturated rings. The van der Waals surface area contributed by atoms with Crippen LogP contribution in [0.3, 0.4) is 0 Å². The molecule has 0 atom stereocenters. The Kier molecular flexibility index (Phi) is 3.89. The molecule has 0 aliphatic rings. The van der Waals surface area contributed by atoms with Gasteiger partial charge in [-0.2, -0.15) is 5.48 Å². The van der Waals surface area contributed by atoms with Crippen molar-refractivity contribution < 1.29 is 14.7 Å². The molecule has 0 aromatic carbocycles. The predicted molar refractivity (Wildman–Crippen MR) is 41.2 cm³/mol. The lowest BCUT2D eigenvalue weighted by atomic mass is 10.0. The smallest absolute Gasteiger partial charge is 0.428 e. The second kappa shape index (κ2) is 4.18. The van der Waals surface area contributed by atoms with Crippen LogP contribution in [0, 0.1) is 0 Å². The molecule has 0 aromatic heterocycles. The van der Waals surface area contributed by atoms with E-state index in [0.717, 1.165) is 12.8 Å². The number of carboxylic acid groups (broad SMARTS) is 1. The zero-order valence-electron chi connectivity index (χ0n) is 7.18. The molecule has 1 amide bonds. The summed E-state index contributed by atoms with van der Waals surface area (Å²) in [5, 5.41) is 8.21. The van der Waals surface area contributed by atoms with Gasteiger partial charge < -0.3 is 5.11 Å². The van der Waals surface area contributed by atoms with Gasteiger partial charge in [0.25, 0.3) is 0 Å². The fourth-order valence-corrected chi connectivity index (χ4v) is 0.835. The van der Waals surface area contributed by atoms with E-state index in [1.807, 2.05) is 26.3 Å². The summed E-state index contributed by atoms with van der Waals surface area (Å²) in [6, 6.07) is 0. The van der Waals surface area contributed by atoms with E-state index in [9.17, 15) is 4.79 Å². The molecule has 0 bridgehead atoms. The molecule has 11 heavy (non-hydrogen) atoms. The van der Waals surface area contributed by atoms with E-state index in [4.69, 9.17) is 9.94 Å². The topological polar surface area (TPSA) is 58.6 Å². The Hall–Kier alpha value is -0.770. The summed E-state index contributed by atoms with van der Waals surface area (Å²) >= 11 is 0. The van der Waals surface area contributed by atoms with Crippen molar-refractivity contribution in [3.8, 4) is 0 Å². The van der Waals surface area contributed by atoms with Gasteiger partial charge in [0.2, 0.25) is 0 Å². The minimum absolute atomic E-state index is 0.410. The van der Waals surface area contributed by atoms with Gasteiger partial charge in [-0.25, -0.2) is 4.79 Å². The molecular formula is C7H15NO3. The van der Waals surface area contributed by atoms with Gasteiger partial charge in [0.1, 0.15) is 0 Å². The van der Waals surface area contributed by atoms with Gasteiger partial charge in [0.15, 0.2) is 0 Å². The number of amides is 1. The molecule has 0 radical (unpaired) electrons. The fourth-order valence-electron chi connectivity index (χ4n) is 0.835. The molecular weight excluding hydrogens is 146 g/mol. The lowest BCUT2D eigenvalue weighted by molar-refractivity contribution is -0.0776. The van der Waals surface area contributed by atoms with Crippen LogP contribution < -0.4 is 5.48 Å². The maximum atomic E-state index is 10.0. The van der Waals surface area contributed by atoms with Crippen molar-refractivity contribution in [1.29, 1.82) is 0 Å². The fraction of sp³-hybridized carbons (Fsp3) is 0.857. The second-order valence-electron chi connectivity index (χ2n) is 3.02. The van der Waals surface area contributed by atoms with Crippen molar-refractivity contribution in [3.05, 3.63) is 0 Å². The molecule has 0 aliphatic carbocycles. The summed E-state index contributed by atoms with van der Waals surface area (Å²) in [6.07, 6.45) is 0.635. The maximum Gasteiger partial charge on any atom is 0.428 e. The highest BCUT2D eigenvalue weighted by Gasteiger charge is 2.18. The summed E-state index contributed by atoms with van der Waals surface area (Å²) in [5.74, 6) is 0. The Labute approximate surface area is 66.5 Å². The second-order valence-corrected chi connectivity index (χ2v) is 3.02. The van der Waals surface area contributed by atoms with E-state index in [1.165, 1.54) is 0 Å². The van der Waals surface area contributed by atoms with Crippen LogP contribution in [0.25, 0.3) is 0 Å². The molecule has 4 heteroatoms. The van der Waals surface area contributed by atoms with Gasteiger partial charge in [-0.05, 0) is 20.3 Å². The van der Waals surface area contributed by atoms with E-state index in [0.29, 0.717) is 0 Å². The molecule has 66 valence electrons. The Morgan fingerprint density at radius 3 is 2.55 bits per heavy atom. The molecule has 0 aromatic rings.